The Labute approximate surface area is 185 Å². The summed E-state index contributed by atoms with van der Waals surface area (Å²) in [6.45, 7) is 10.4. The highest BCUT2D eigenvalue weighted by molar-refractivity contribution is 5.81. The summed E-state index contributed by atoms with van der Waals surface area (Å²) in [6, 6.07) is 9.36. The number of likely N-dealkylation sites (tertiary alicyclic amines) is 1. The number of hydrogen-bond donors (Lipinski definition) is 0. The number of carbonyl (C=O) groups is 2. The molecule has 1 aromatic rings. The molecule has 1 atom stereocenters. The molecule has 0 aliphatic carbocycles. The van der Waals surface area contributed by atoms with E-state index in [1.165, 1.54) is 6.92 Å². The minimum Gasteiger partial charge on any atom is -0.494 e. The summed E-state index contributed by atoms with van der Waals surface area (Å²) in [6.07, 6.45) is 3.59. The zero-order valence-electron chi connectivity index (χ0n) is 19.2. The van der Waals surface area contributed by atoms with Gasteiger partial charge < -0.3 is 19.3 Å². The SMILES string of the molecule is CC(=O)N(CC(=O)OC(C)(C)C)[C@@H]1CCCN(CCCOc2cccc(C#N)c2)CC1. The Balaban J connectivity index is 1.78. The second-order valence-electron chi connectivity index (χ2n) is 9.00. The van der Waals surface area contributed by atoms with Gasteiger partial charge in [-0.25, -0.2) is 0 Å². The van der Waals surface area contributed by atoms with E-state index in [4.69, 9.17) is 14.7 Å². The summed E-state index contributed by atoms with van der Waals surface area (Å²) in [4.78, 5) is 28.5. The molecule has 0 aromatic heterocycles. The molecular formula is C24H35N3O4. The molecule has 1 heterocycles. The fourth-order valence-corrected chi connectivity index (χ4v) is 3.82. The number of rotatable bonds is 8. The summed E-state index contributed by atoms with van der Waals surface area (Å²) in [5.74, 6) is 0.271. The number of ether oxygens (including phenoxy) is 2. The van der Waals surface area contributed by atoms with Crippen molar-refractivity contribution >= 4 is 11.9 Å². The molecule has 7 nitrogen and oxygen atoms in total. The van der Waals surface area contributed by atoms with Gasteiger partial charge in [-0.2, -0.15) is 5.26 Å². The fourth-order valence-electron chi connectivity index (χ4n) is 3.82. The van der Waals surface area contributed by atoms with Crippen molar-refractivity contribution in [2.45, 2.75) is 65.0 Å². The lowest BCUT2D eigenvalue weighted by atomic mass is 10.1. The lowest BCUT2D eigenvalue weighted by molar-refractivity contribution is -0.159. The Hall–Kier alpha value is -2.59. The van der Waals surface area contributed by atoms with Gasteiger partial charge >= 0.3 is 5.97 Å². The Bertz CT molecular complexity index is 782. The molecule has 1 amide bonds. The van der Waals surface area contributed by atoms with Crippen molar-refractivity contribution in [2.24, 2.45) is 0 Å². The molecule has 2 rings (SSSR count). The van der Waals surface area contributed by atoms with Crippen LogP contribution in [0.15, 0.2) is 24.3 Å². The van der Waals surface area contributed by atoms with Gasteiger partial charge in [-0.1, -0.05) is 6.07 Å². The van der Waals surface area contributed by atoms with Crippen molar-refractivity contribution in [1.82, 2.24) is 9.80 Å². The van der Waals surface area contributed by atoms with Crippen LogP contribution in [-0.4, -0.2) is 66.1 Å². The van der Waals surface area contributed by atoms with E-state index in [1.54, 1.807) is 17.0 Å². The maximum absolute atomic E-state index is 12.2. The Morgan fingerprint density at radius 3 is 2.71 bits per heavy atom. The molecule has 0 bridgehead atoms. The van der Waals surface area contributed by atoms with Gasteiger partial charge in [0, 0.05) is 26.1 Å². The molecule has 1 fully saturated rings. The highest BCUT2D eigenvalue weighted by Gasteiger charge is 2.28. The van der Waals surface area contributed by atoms with E-state index in [1.807, 2.05) is 32.9 Å². The molecule has 0 unspecified atom stereocenters. The lowest BCUT2D eigenvalue weighted by Crippen LogP contribution is -2.44. The Morgan fingerprint density at radius 1 is 1.26 bits per heavy atom. The van der Waals surface area contributed by atoms with Crippen LogP contribution < -0.4 is 4.74 Å². The van der Waals surface area contributed by atoms with Crippen molar-refractivity contribution in [3.05, 3.63) is 29.8 Å². The third-order valence-corrected chi connectivity index (χ3v) is 5.21. The minimum atomic E-state index is -0.558. The molecular weight excluding hydrogens is 394 g/mol. The Kier molecular flexibility index (Phi) is 9.32. The van der Waals surface area contributed by atoms with Gasteiger partial charge in [0.1, 0.15) is 17.9 Å². The summed E-state index contributed by atoms with van der Waals surface area (Å²) in [7, 11) is 0. The maximum Gasteiger partial charge on any atom is 0.326 e. The summed E-state index contributed by atoms with van der Waals surface area (Å²) >= 11 is 0. The molecule has 7 heteroatoms. The van der Waals surface area contributed by atoms with E-state index >= 15 is 0 Å². The normalized spacial score (nSPS) is 17.3. The summed E-state index contributed by atoms with van der Waals surface area (Å²) in [5, 5.41) is 8.96. The lowest BCUT2D eigenvalue weighted by Gasteiger charge is -2.31. The van der Waals surface area contributed by atoms with Crippen LogP contribution in [0.1, 0.15) is 58.9 Å². The molecule has 0 spiro atoms. The van der Waals surface area contributed by atoms with Crippen molar-refractivity contribution in [3.8, 4) is 11.8 Å². The third kappa shape index (κ3) is 8.97. The van der Waals surface area contributed by atoms with Crippen LogP contribution in [-0.2, 0) is 14.3 Å². The zero-order chi connectivity index (χ0) is 22.9. The van der Waals surface area contributed by atoms with E-state index in [2.05, 4.69) is 11.0 Å². The monoisotopic (exact) mass is 429 g/mol. The number of carbonyl (C=O) groups excluding carboxylic acids is 2. The number of esters is 1. The van der Waals surface area contributed by atoms with E-state index in [-0.39, 0.29) is 24.5 Å². The third-order valence-electron chi connectivity index (χ3n) is 5.21. The van der Waals surface area contributed by atoms with Crippen LogP contribution in [0.3, 0.4) is 0 Å². The van der Waals surface area contributed by atoms with Crippen LogP contribution in [0, 0.1) is 11.3 Å². The van der Waals surface area contributed by atoms with Crippen LogP contribution in [0.5, 0.6) is 5.75 Å². The van der Waals surface area contributed by atoms with Crippen molar-refractivity contribution in [3.63, 3.8) is 0 Å². The summed E-state index contributed by atoms with van der Waals surface area (Å²) < 4.78 is 11.2. The van der Waals surface area contributed by atoms with E-state index in [9.17, 15) is 9.59 Å². The average molecular weight is 430 g/mol. The van der Waals surface area contributed by atoms with Crippen molar-refractivity contribution in [2.75, 3.05) is 32.8 Å². The molecule has 31 heavy (non-hydrogen) atoms. The second-order valence-corrected chi connectivity index (χ2v) is 9.00. The first-order chi connectivity index (χ1) is 14.7. The highest BCUT2D eigenvalue weighted by Crippen LogP contribution is 2.19. The van der Waals surface area contributed by atoms with E-state index in [0.29, 0.717) is 17.9 Å². The standard InChI is InChI=1S/C24H35N3O4/c1-19(28)27(18-23(29)31-24(2,3)4)21-9-6-12-26(14-11-21)13-7-15-30-22-10-5-8-20(16-22)17-25/h5,8,10,16,21H,6-7,9,11-15,18H2,1-4H3/t21-/m1/s1. The van der Waals surface area contributed by atoms with Gasteiger partial charge in [0.15, 0.2) is 0 Å². The molecule has 0 N–H and O–H groups in total. The quantitative estimate of drug-likeness (QED) is 0.465. The Morgan fingerprint density at radius 2 is 2.03 bits per heavy atom. The van der Waals surface area contributed by atoms with E-state index < -0.39 is 5.60 Å². The van der Waals surface area contributed by atoms with Crippen LogP contribution in [0.25, 0.3) is 0 Å². The molecule has 170 valence electrons. The van der Waals surface area contributed by atoms with Crippen LogP contribution >= 0.6 is 0 Å². The molecule has 0 saturated carbocycles. The van der Waals surface area contributed by atoms with Gasteiger partial charge in [-0.3, -0.25) is 9.59 Å². The number of benzene rings is 1. The first kappa shape index (κ1) is 24.7. The smallest absolute Gasteiger partial charge is 0.326 e. The largest absolute Gasteiger partial charge is 0.494 e. The predicted molar refractivity (Wildman–Crippen MR) is 119 cm³/mol. The van der Waals surface area contributed by atoms with Crippen molar-refractivity contribution in [1.29, 1.82) is 5.26 Å². The fraction of sp³-hybridized carbons (Fsp3) is 0.625. The van der Waals surface area contributed by atoms with E-state index in [0.717, 1.165) is 45.3 Å². The highest BCUT2D eigenvalue weighted by atomic mass is 16.6. The number of hydrogen-bond acceptors (Lipinski definition) is 6. The number of nitriles is 1. The zero-order valence-corrected chi connectivity index (χ0v) is 19.2. The van der Waals surface area contributed by atoms with Gasteiger partial charge in [-0.05, 0) is 71.2 Å². The van der Waals surface area contributed by atoms with Gasteiger partial charge in [0.25, 0.3) is 0 Å². The first-order valence-electron chi connectivity index (χ1n) is 11.0. The molecule has 1 aliphatic rings. The molecule has 0 radical (unpaired) electrons. The van der Waals surface area contributed by atoms with Crippen LogP contribution in [0.4, 0.5) is 0 Å². The molecule has 1 aliphatic heterocycles. The van der Waals surface area contributed by atoms with Gasteiger partial charge in [0.2, 0.25) is 5.91 Å². The van der Waals surface area contributed by atoms with Gasteiger partial charge in [0.05, 0.1) is 18.2 Å². The summed E-state index contributed by atoms with van der Waals surface area (Å²) in [5.41, 5.74) is 0.0371. The van der Waals surface area contributed by atoms with Crippen LogP contribution in [0.2, 0.25) is 0 Å². The maximum atomic E-state index is 12.2. The molecule has 1 saturated heterocycles. The minimum absolute atomic E-state index is 0.00682. The second kappa shape index (κ2) is 11.7. The number of amides is 1. The number of nitrogens with zero attached hydrogens (tertiary/aromatic N) is 3. The first-order valence-corrected chi connectivity index (χ1v) is 11.0. The molecule has 1 aromatic carbocycles. The topological polar surface area (TPSA) is 82.9 Å². The predicted octanol–water partition coefficient (Wildman–Crippen LogP) is 3.37. The average Bonchev–Trinajstić information content (AvgIpc) is 2.93. The van der Waals surface area contributed by atoms with Gasteiger partial charge in [-0.15, -0.1) is 0 Å². The van der Waals surface area contributed by atoms with Crippen molar-refractivity contribution < 1.29 is 19.1 Å².